The number of rotatable bonds is 1. The molecule has 0 spiro atoms. The van der Waals surface area contributed by atoms with Crippen LogP contribution >= 0.6 is 17.0 Å². The topological polar surface area (TPSA) is 0 Å². The normalized spacial score (nSPS) is 11.6. The van der Waals surface area contributed by atoms with E-state index in [0.717, 1.165) is 6.42 Å². The third-order valence-electron chi connectivity index (χ3n) is 5.76. The monoisotopic (exact) mass is 488 g/mol. The van der Waals surface area contributed by atoms with E-state index < -0.39 is 20.8 Å². The molecule has 0 amide bonds. The quantitative estimate of drug-likeness (QED) is 0.303. The Morgan fingerprint density at radius 3 is 2.04 bits per heavy atom. The van der Waals surface area contributed by atoms with Crippen LogP contribution in [0.3, 0.4) is 0 Å². The maximum absolute atomic E-state index is 4.93. The van der Waals surface area contributed by atoms with E-state index in [2.05, 4.69) is 84.0 Å². The average molecular weight is 491 g/mol. The Hall–Kier alpha value is -0.747. The second-order valence-electron chi connectivity index (χ2n) is 7.31. The van der Waals surface area contributed by atoms with E-state index >= 15 is 0 Å². The zero-order valence-electron chi connectivity index (χ0n) is 17.6. The molecule has 28 heavy (non-hydrogen) atoms. The number of hydrogen-bond donors (Lipinski definition) is 0. The van der Waals surface area contributed by atoms with E-state index in [1.807, 2.05) is 0 Å². The Balaban J connectivity index is 0.000000181. The van der Waals surface area contributed by atoms with Gasteiger partial charge in [-0.25, -0.2) is 0 Å². The van der Waals surface area contributed by atoms with Crippen molar-refractivity contribution in [2.24, 2.45) is 0 Å². The summed E-state index contributed by atoms with van der Waals surface area (Å²) in [5.41, 5.74) is 11.6. The average Bonchev–Trinajstić information content (AvgIpc) is 3.16. The molecule has 0 radical (unpaired) electrons. The summed E-state index contributed by atoms with van der Waals surface area (Å²) in [6.45, 7) is 13.3. The van der Waals surface area contributed by atoms with Crippen LogP contribution in [-0.2, 0) is 33.7 Å². The first kappa shape index (κ1) is 23.5. The van der Waals surface area contributed by atoms with Gasteiger partial charge in [0, 0.05) is 0 Å². The number of fused-ring (bicyclic) bond motifs is 3. The molecule has 0 fully saturated rings. The summed E-state index contributed by atoms with van der Waals surface area (Å²) in [5, 5.41) is 2.65. The van der Waals surface area contributed by atoms with Gasteiger partial charge in [0.2, 0.25) is 0 Å². The first-order valence-electron chi connectivity index (χ1n) is 9.63. The first-order chi connectivity index (χ1) is 13.3. The molecule has 0 saturated heterocycles. The standard InChI is InChI=1S/C14H11.C11H17.2ClH.Zr/c1-10-8-12-7-6-11-4-2-3-5-13(11)14(12)9-10;1-6-11-9(4)7(2)8(3)10(11)5;;;/h2-7H,8H2,1H3;6H2,1-5H3;2*1H;/q2*-1;;;+4/p-2. The van der Waals surface area contributed by atoms with Gasteiger partial charge in [0.15, 0.2) is 0 Å². The molecule has 3 aromatic rings. The Labute approximate surface area is 189 Å². The van der Waals surface area contributed by atoms with Gasteiger partial charge in [0.05, 0.1) is 0 Å². The number of benzene rings is 2. The van der Waals surface area contributed by atoms with Gasteiger partial charge in [-0.1, -0.05) is 84.0 Å². The van der Waals surface area contributed by atoms with Gasteiger partial charge in [0.25, 0.3) is 0 Å². The number of hydrogen-bond acceptors (Lipinski definition) is 0. The van der Waals surface area contributed by atoms with E-state index in [4.69, 9.17) is 17.0 Å². The van der Waals surface area contributed by atoms with Crippen molar-refractivity contribution in [1.82, 2.24) is 0 Å². The number of halogens is 2. The zero-order chi connectivity index (χ0) is 20.8. The molecule has 146 valence electrons. The summed E-state index contributed by atoms with van der Waals surface area (Å²) in [5.74, 6) is 0. The maximum atomic E-state index is 4.93. The molecule has 0 nitrogen and oxygen atoms in total. The van der Waals surface area contributed by atoms with Crippen molar-refractivity contribution in [3.8, 4) is 0 Å². The predicted octanol–water partition coefficient (Wildman–Crippen LogP) is 8.07. The third-order valence-corrected chi connectivity index (χ3v) is 5.76. The molecule has 0 unspecified atom stereocenters. The minimum absolute atomic E-state index is 0.826. The molecule has 1 aliphatic rings. The van der Waals surface area contributed by atoms with Gasteiger partial charge in [-0.3, -0.25) is 0 Å². The van der Waals surface area contributed by atoms with Crippen LogP contribution in [0.15, 0.2) is 42.0 Å². The van der Waals surface area contributed by atoms with Crippen LogP contribution in [0.5, 0.6) is 0 Å². The van der Waals surface area contributed by atoms with E-state index in [0.29, 0.717) is 0 Å². The molecule has 3 heteroatoms. The molecule has 0 heterocycles. The van der Waals surface area contributed by atoms with Gasteiger partial charge in [0.1, 0.15) is 0 Å². The fraction of sp³-hybridized carbons (Fsp3) is 0.320. The Morgan fingerprint density at radius 2 is 1.50 bits per heavy atom. The van der Waals surface area contributed by atoms with Crippen molar-refractivity contribution in [2.45, 2.75) is 54.4 Å². The van der Waals surface area contributed by atoms with Crippen LogP contribution in [-0.4, -0.2) is 0 Å². The van der Waals surface area contributed by atoms with Gasteiger partial charge < -0.3 is 0 Å². The van der Waals surface area contributed by atoms with Crippen molar-refractivity contribution in [1.29, 1.82) is 0 Å². The first-order valence-corrected chi connectivity index (χ1v) is 16.0. The summed E-state index contributed by atoms with van der Waals surface area (Å²) in [4.78, 5) is 0. The summed E-state index contributed by atoms with van der Waals surface area (Å²) in [6.07, 6.45) is 5.70. The molecule has 3 aromatic carbocycles. The number of allylic oxidation sites excluding steroid dienone is 1. The van der Waals surface area contributed by atoms with Crippen molar-refractivity contribution in [3.05, 3.63) is 87.0 Å². The minimum atomic E-state index is -0.826. The van der Waals surface area contributed by atoms with Crippen LogP contribution in [0.2, 0.25) is 0 Å². The second kappa shape index (κ2) is 10.9. The van der Waals surface area contributed by atoms with Gasteiger partial charge in [-0.2, -0.15) is 39.5 Å². The molecule has 0 bridgehead atoms. The van der Waals surface area contributed by atoms with E-state index in [-0.39, 0.29) is 0 Å². The van der Waals surface area contributed by atoms with Crippen LogP contribution in [0.25, 0.3) is 10.8 Å². The molecule has 0 N–H and O–H groups in total. The van der Waals surface area contributed by atoms with Crippen LogP contribution in [0.1, 0.15) is 52.8 Å². The van der Waals surface area contributed by atoms with Gasteiger partial charge in [-0.15, -0.1) is 28.7 Å². The zero-order valence-corrected chi connectivity index (χ0v) is 21.6. The Morgan fingerprint density at radius 1 is 0.929 bits per heavy atom. The Bertz CT molecular complexity index is 954. The summed E-state index contributed by atoms with van der Waals surface area (Å²) in [7, 11) is 9.87. The fourth-order valence-corrected chi connectivity index (χ4v) is 3.98. The summed E-state index contributed by atoms with van der Waals surface area (Å²) in [6, 6.07) is 12.9. The van der Waals surface area contributed by atoms with Gasteiger partial charge >= 0.3 is 37.9 Å². The molecule has 1 aliphatic carbocycles. The SMILES string of the molecule is CC1=[C-]c2c(ccc3ccccc23)C1.CC[c-]1c(C)c(C)c(C)c1C.[Cl][Zr+2][Cl]. The van der Waals surface area contributed by atoms with Crippen molar-refractivity contribution < 1.29 is 20.8 Å². The second-order valence-corrected chi connectivity index (χ2v) is 11.0. The van der Waals surface area contributed by atoms with E-state index in [9.17, 15) is 0 Å². The van der Waals surface area contributed by atoms with Crippen molar-refractivity contribution >= 4 is 27.8 Å². The summed E-state index contributed by atoms with van der Waals surface area (Å²) < 4.78 is 0. The van der Waals surface area contributed by atoms with Crippen molar-refractivity contribution in [3.63, 3.8) is 0 Å². The predicted molar refractivity (Wildman–Crippen MR) is 121 cm³/mol. The summed E-state index contributed by atoms with van der Waals surface area (Å²) >= 11 is -0.826. The van der Waals surface area contributed by atoms with Crippen LogP contribution in [0, 0.1) is 33.8 Å². The molecular weight excluding hydrogens is 462 g/mol. The Kier molecular flexibility index (Phi) is 9.13. The molecule has 0 atom stereocenters. The van der Waals surface area contributed by atoms with E-state index in [1.165, 1.54) is 56.1 Å². The molecule has 0 aliphatic heterocycles. The van der Waals surface area contributed by atoms with E-state index in [1.54, 1.807) is 5.56 Å². The fourth-order valence-electron chi connectivity index (χ4n) is 3.98. The third kappa shape index (κ3) is 5.24. The van der Waals surface area contributed by atoms with Gasteiger partial charge in [-0.05, 0) is 0 Å². The molecule has 4 rings (SSSR count). The molecular formula is C25H28Cl2Zr. The van der Waals surface area contributed by atoms with Crippen LogP contribution in [0.4, 0.5) is 0 Å². The van der Waals surface area contributed by atoms with Crippen LogP contribution < -0.4 is 0 Å². The van der Waals surface area contributed by atoms with Crippen molar-refractivity contribution in [2.75, 3.05) is 0 Å². The molecule has 0 saturated carbocycles. The molecule has 0 aromatic heterocycles.